The second-order valence-electron chi connectivity index (χ2n) is 8.73. The lowest BCUT2D eigenvalue weighted by Crippen LogP contribution is -2.26. The van der Waals surface area contributed by atoms with Crippen molar-refractivity contribution in [2.75, 3.05) is 31.4 Å². The predicted molar refractivity (Wildman–Crippen MR) is 128 cm³/mol. The first-order chi connectivity index (χ1) is 16.0. The van der Waals surface area contributed by atoms with E-state index >= 15 is 0 Å². The van der Waals surface area contributed by atoms with Crippen molar-refractivity contribution in [1.29, 1.82) is 0 Å². The Morgan fingerprint density at radius 1 is 1.09 bits per heavy atom. The van der Waals surface area contributed by atoms with E-state index in [1.807, 2.05) is 57.7 Å². The van der Waals surface area contributed by atoms with Gasteiger partial charge in [0, 0.05) is 63.7 Å². The largest absolute Gasteiger partial charge is 0.473 e. The topological polar surface area (TPSA) is 98.8 Å². The number of ether oxygens (including phenoxy) is 1. The number of nitrogens with one attached hydrogen (secondary N) is 1. The van der Waals surface area contributed by atoms with Crippen LogP contribution in [-0.2, 0) is 7.05 Å². The van der Waals surface area contributed by atoms with Gasteiger partial charge in [-0.1, -0.05) is 0 Å². The first-order valence-corrected chi connectivity index (χ1v) is 11.2. The zero-order chi connectivity index (χ0) is 22.9. The van der Waals surface area contributed by atoms with Crippen LogP contribution in [0, 0.1) is 0 Å². The van der Waals surface area contributed by atoms with E-state index in [0.29, 0.717) is 11.9 Å². The van der Waals surface area contributed by atoms with Crippen LogP contribution in [-0.4, -0.2) is 62.0 Å². The van der Waals surface area contributed by atoms with Gasteiger partial charge in [0.05, 0.1) is 29.6 Å². The third-order valence-corrected chi connectivity index (χ3v) is 6.24. The molecule has 0 amide bonds. The fourth-order valence-corrected chi connectivity index (χ4v) is 4.42. The van der Waals surface area contributed by atoms with Crippen molar-refractivity contribution in [3.63, 3.8) is 0 Å². The molecular weight excluding hydrogens is 418 g/mol. The minimum atomic E-state index is 0.127. The quantitative estimate of drug-likeness (QED) is 0.481. The summed E-state index contributed by atoms with van der Waals surface area (Å²) in [5.41, 5.74) is 3.98. The van der Waals surface area contributed by atoms with Crippen molar-refractivity contribution in [3.05, 3.63) is 36.9 Å². The van der Waals surface area contributed by atoms with Crippen LogP contribution in [0.5, 0.6) is 5.88 Å². The molecule has 1 saturated carbocycles. The summed E-state index contributed by atoms with van der Waals surface area (Å²) in [7, 11) is 7.76. The molecule has 33 heavy (non-hydrogen) atoms. The van der Waals surface area contributed by atoms with Crippen LogP contribution in [0.2, 0.25) is 0 Å². The summed E-state index contributed by atoms with van der Waals surface area (Å²) in [6, 6.07) is 4.31. The highest BCUT2D eigenvalue weighted by Crippen LogP contribution is 2.36. The normalized spacial score (nSPS) is 18.4. The van der Waals surface area contributed by atoms with Crippen LogP contribution in [0.15, 0.2) is 36.9 Å². The van der Waals surface area contributed by atoms with E-state index in [2.05, 4.69) is 36.3 Å². The van der Waals surface area contributed by atoms with E-state index in [4.69, 9.17) is 9.84 Å². The number of aryl methyl sites for hydroxylation is 1. The van der Waals surface area contributed by atoms with Gasteiger partial charge in [-0.05, 0) is 25.7 Å². The third kappa shape index (κ3) is 4.20. The molecule has 0 bridgehead atoms. The van der Waals surface area contributed by atoms with Crippen molar-refractivity contribution < 1.29 is 4.74 Å². The Morgan fingerprint density at radius 3 is 2.61 bits per heavy atom. The molecule has 0 spiro atoms. The van der Waals surface area contributed by atoms with Crippen molar-refractivity contribution >= 4 is 22.4 Å². The first kappa shape index (κ1) is 21.2. The number of hydrogen-bond donors (Lipinski definition) is 1. The molecule has 4 heterocycles. The van der Waals surface area contributed by atoms with Crippen LogP contribution in [0.4, 0.5) is 11.5 Å². The van der Waals surface area contributed by atoms with Gasteiger partial charge in [0.2, 0.25) is 5.88 Å². The van der Waals surface area contributed by atoms with Crippen LogP contribution in [0.25, 0.3) is 22.2 Å². The summed E-state index contributed by atoms with van der Waals surface area (Å²) < 4.78 is 10.1. The van der Waals surface area contributed by atoms with Gasteiger partial charge in [0.1, 0.15) is 17.6 Å². The summed E-state index contributed by atoms with van der Waals surface area (Å²) in [5, 5.41) is 21.8. The lowest BCUT2D eigenvalue weighted by molar-refractivity contribution is 0.124. The number of rotatable bonds is 6. The van der Waals surface area contributed by atoms with Crippen LogP contribution < -0.4 is 15.0 Å². The highest BCUT2D eigenvalue weighted by atomic mass is 16.5. The number of pyridine rings is 1. The lowest BCUT2D eigenvalue weighted by Gasteiger charge is -2.29. The van der Waals surface area contributed by atoms with Crippen molar-refractivity contribution in [1.82, 2.24) is 34.7 Å². The van der Waals surface area contributed by atoms with E-state index in [-0.39, 0.29) is 6.10 Å². The Morgan fingerprint density at radius 2 is 1.91 bits per heavy atom. The highest BCUT2D eigenvalue weighted by molar-refractivity contribution is 5.93. The van der Waals surface area contributed by atoms with E-state index in [0.717, 1.165) is 59.3 Å². The standard InChI is InChI=1S/C23H29N9O/c1-24-21-10-20-19(13-25-21)23(15-11-27-31(4)14-15)29-32(20)16-5-7-18(8-6-16)33-22-9-17(30(2)3)12-26-28-22/h9-14,16,18H,5-8H2,1-4H3,(H,24,25). The predicted octanol–water partition coefficient (Wildman–Crippen LogP) is 3.29. The Hall–Kier alpha value is -3.69. The highest BCUT2D eigenvalue weighted by Gasteiger charge is 2.27. The minimum absolute atomic E-state index is 0.127. The molecule has 5 rings (SSSR count). The summed E-state index contributed by atoms with van der Waals surface area (Å²) in [6.45, 7) is 0. The summed E-state index contributed by atoms with van der Waals surface area (Å²) in [5.74, 6) is 1.41. The Balaban J connectivity index is 1.37. The number of aromatic nitrogens is 7. The summed E-state index contributed by atoms with van der Waals surface area (Å²) in [6.07, 6.45) is 11.4. The molecule has 1 aliphatic carbocycles. The number of fused-ring (bicyclic) bond motifs is 1. The molecule has 4 aromatic rings. The van der Waals surface area contributed by atoms with Gasteiger partial charge < -0.3 is 15.0 Å². The second-order valence-corrected chi connectivity index (χ2v) is 8.73. The fraction of sp³-hybridized carbons (Fsp3) is 0.435. The average Bonchev–Trinajstić information content (AvgIpc) is 3.43. The van der Waals surface area contributed by atoms with Gasteiger partial charge in [0.25, 0.3) is 0 Å². The molecule has 0 aliphatic heterocycles. The van der Waals surface area contributed by atoms with Gasteiger partial charge in [-0.15, -0.1) is 5.10 Å². The Kier molecular flexibility index (Phi) is 5.57. The van der Waals surface area contributed by atoms with Crippen LogP contribution in [0.3, 0.4) is 0 Å². The molecule has 0 unspecified atom stereocenters. The molecule has 10 heteroatoms. The molecular formula is C23H29N9O. The zero-order valence-electron chi connectivity index (χ0n) is 19.4. The second kappa shape index (κ2) is 8.68. The molecule has 4 aromatic heterocycles. The van der Waals surface area contributed by atoms with Crippen molar-refractivity contribution in [2.24, 2.45) is 7.05 Å². The van der Waals surface area contributed by atoms with E-state index in [1.165, 1.54) is 0 Å². The lowest BCUT2D eigenvalue weighted by atomic mass is 9.93. The van der Waals surface area contributed by atoms with Gasteiger partial charge in [-0.3, -0.25) is 9.36 Å². The molecule has 10 nitrogen and oxygen atoms in total. The number of nitrogens with zero attached hydrogens (tertiary/aromatic N) is 8. The van der Waals surface area contributed by atoms with E-state index in [1.54, 1.807) is 10.9 Å². The van der Waals surface area contributed by atoms with Crippen molar-refractivity contribution in [2.45, 2.75) is 37.8 Å². The molecule has 0 radical (unpaired) electrons. The Bertz CT molecular complexity index is 1250. The average molecular weight is 448 g/mol. The molecule has 1 aliphatic rings. The smallest absolute Gasteiger partial charge is 0.235 e. The van der Waals surface area contributed by atoms with Gasteiger partial charge in [-0.2, -0.15) is 15.3 Å². The van der Waals surface area contributed by atoms with Gasteiger partial charge in [-0.25, -0.2) is 4.98 Å². The van der Waals surface area contributed by atoms with Crippen LogP contribution in [0.1, 0.15) is 31.7 Å². The maximum Gasteiger partial charge on any atom is 0.235 e. The zero-order valence-corrected chi connectivity index (χ0v) is 19.4. The van der Waals surface area contributed by atoms with Gasteiger partial charge in [0.15, 0.2) is 0 Å². The monoisotopic (exact) mass is 447 g/mol. The fourth-order valence-electron chi connectivity index (χ4n) is 4.42. The van der Waals surface area contributed by atoms with E-state index < -0.39 is 0 Å². The molecule has 172 valence electrons. The summed E-state index contributed by atoms with van der Waals surface area (Å²) >= 11 is 0. The molecule has 0 saturated heterocycles. The Labute approximate surface area is 192 Å². The molecule has 0 aromatic carbocycles. The molecule has 1 N–H and O–H groups in total. The SMILES string of the molecule is CNc1cc2c(cn1)c(-c1cnn(C)c1)nn2C1CCC(Oc2cc(N(C)C)cnn2)CC1. The summed E-state index contributed by atoms with van der Waals surface area (Å²) in [4.78, 5) is 6.52. The maximum atomic E-state index is 6.17. The third-order valence-electron chi connectivity index (χ3n) is 6.24. The van der Waals surface area contributed by atoms with E-state index in [9.17, 15) is 0 Å². The number of anilines is 2. The van der Waals surface area contributed by atoms with Crippen molar-refractivity contribution in [3.8, 4) is 17.1 Å². The number of hydrogen-bond acceptors (Lipinski definition) is 8. The minimum Gasteiger partial charge on any atom is -0.473 e. The van der Waals surface area contributed by atoms with Crippen LogP contribution >= 0.6 is 0 Å². The molecule has 1 fully saturated rings. The maximum absolute atomic E-state index is 6.17. The first-order valence-electron chi connectivity index (χ1n) is 11.2. The van der Waals surface area contributed by atoms with Gasteiger partial charge >= 0.3 is 0 Å². The molecule has 0 atom stereocenters.